The lowest BCUT2D eigenvalue weighted by Gasteiger charge is -2.26. The van der Waals surface area contributed by atoms with Crippen LogP contribution in [0.2, 0.25) is 5.15 Å². The van der Waals surface area contributed by atoms with E-state index in [0.29, 0.717) is 41.3 Å². The van der Waals surface area contributed by atoms with Crippen molar-refractivity contribution in [2.75, 3.05) is 44.2 Å². The van der Waals surface area contributed by atoms with Crippen LogP contribution in [0.3, 0.4) is 0 Å². The molecule has 1 saturated heterocycles. The molecule has 176 valence electrons. The molecule has 3 rings (SSSR count). The molecule has 1 fully saturated rings. The van der Waals surface area contributed by atoms with Crippen molar-refractivity contribution >= 4 is 35.1 Å². The van der Waals surface area contributed by atoms with Gasteiger partial charge in [0.25, 0.3) is 5.91 Å². The maximum absolute atomic E-state index is 12.6. The number of anilines is 1. The highest BCUT2D eigenvalue weighted by Gasteiger charge is 2.12. The summed E-state index contributed by atoms with van der Waals surface area (Å²) in [5, 5.41) is 4.03. The van der Waals surface area contributed by atoms with Gasteiger partial charge < -0.3 is 15.1 Å². The molecule has 1 amide bonds. The van der Waals surface area contributed by atoms with Gasteiger partial charge in [0.05, 0.1) is 0 Å². The number of nitrogens with zero attached hydrogens (tertiary/aromatic N) is 4. The van der Waals surface area contributed by atoms with Crippen molar-refractivity contribution in [3.05, 3.63) is 71.9 Å². The van der Waals surface area contributed by atoms with Gasteiger partial charge in [-0.15, -0.1) is 13.2 Å². The first kappa shape index (κ1) is 25.3. The normalized spacial score (nSPS) is 14.0. The smallest absolute Gasteiger partial charge is 0.251 e. The van der Waals surface area contributed by atoms with E-state index >= 15 is 0 Å². The third-order valence-corrected chi connectivity index (χ3v) is 6.52. The molecule has 0 saturated carbocycles. The minimum Gasteiger partial charge on any atom is -0.351 e. The van der Waals surface area contributed by atoms with E-state index < -0.39 is 0 Å². The Bertz CT molecular complexity index is 938. The molecule has 0 radical (unpaired) electrons. The SMILES string of the molecule is C=CCN(CC=C)c1cc(Cl)nc(SCc2cccc(C(=O)NCCN3CCCCC3)c2)n1. The van der Waals surface area contributed by atoms with E-state index in [1.54, 1.807) is 6.07 Å². The number of carbonyl (C=O) groups excluding carboxylic acids is 1. The summed E-state index contributed by atoms with van der Waals surface area (Å²) in [5.41, 5.74) is 1.70. The number of nitrogens with one attached hydrogen (secondary N) is 1. The molecule has 2 heterocycles. The van der Waals surface area contributed by atoms with Gasteiger partial charge in [-0.1, -0.05) is 54.1 Å². The quantitative estimate of drug-likeness (QED) is 0.201. The summed E-state index contributed by atoms with van der Waals surface area (Å²) in [6, 6.07) is 9.44. The summed E-state index contributed by atoms with van der Waals surface area (Å²) in [4.78, 5) is 26.0. The van der Waals surface area contributed by atoms with Gasteiger partial charge in [0.2, 0.25) is 0 Å². The minimum absolute atomic E-state index is 0.0374. The van der Waals surface area contributed by atoms with Gasteiger partial charge in [0, 0.05) is 43.6 Å². The second-order valence-corrected chi connectivity index (χ2v) is 9.29. The Kier molecular flexibility index (Phi) is 10.2. The zero-order valence-electron chi connectivity index (χ0n) is 19.0. The van der Waals surface area contributed by atoms with Gasteiger partial charge in [-0.25, -0.2) is 9.97 Å². The number of hydrogen-bond acceptors (Lipinski definition) is 6. The largest absolute Gasteiger partial charge is 0.351 e. The Hall–Kier alpha value is -2.35. The number of amides is 1. The van der Waals surface area contributed by atoms with Crippen molar-refractivity contribution in [1.29, 1.82) is 0 Å². The molecule has 1 aliphatic heterocycles. The molecular formula is C25H32ClN5OS. The maximum atomic E-state index is 12.6. The minimum atomic E-state index is -0.0374. The first-order chi connectivity index (χ1) is 16.1. The summed E-state index contributed by atoms with van der Waals surface area (Å²) < 4.78 is 0. The van der Waals surface area contributed by atoms with Crippen LogP contribution >= 0.6 is 23.4 Å². The third-order valence-electron chi connectivity index (χ3n) is 5.40. The number of hydrogen-bond donors (Lipinski definition) is 1. The summed E-state index contributed by atoms with van der Waals surface area (Å²) in [6.07, 6.45) is 7.46. The van der Waals surface area contributed by atoms with Crippen LogP contribution in [0.1, 0.15) is 35.2 Å². The molecule has 1 N–H and O–H groups in total. The van der Waals surface area contributed by atoms with Crippen molar-refractivity contribution in [2.24, 2.45) is 0 Å². The number of carbonyl (C=O) groups is 1. The van der Waals surface area contributed by atoms with E-state index in [1.807, 2.05) is 41.3 Å². The molecule has 0 aliphatic carbocycles. The molecule has 33 heavy (non-hydrogen) atoms. The average Bonchev–Trinajstić information content (AvgIpc) is 2.83. The first-order valence-electron chi connectivity index (χ1n) is 11.3. The van der Waals surface area contributed by atoms with E-state index in [4.69, 9.17) is 11.6 Å². The summed E-state index contributed by atoms with van der Waals surface area (Å²) in [5.74, 6) is 1.33. The van der Waals surface area contributed by atoms with Crippen molar-refractivity contribution < 1.29 is 4.79 Å². The van der Waals surface area contributed by atoms with Crippen LogP contribution in [-0.4, -0.2) is 60.0 Å². The Balaban J connectivity index is 1.57. The topological polar surface area (TPSA) is 61.4 Å². The van der Waals surface area contributed by atoms with Crippen LogP contribution in [-0.2, 0) is 5.75 Å². The summed E-state index contributed by atoms with van der Waals surface area (Å²) in [7, 11) is 0. The van der Waals surface area contributed by atoms with E-state index in [2.05, 4.69) is 33.3 Å². The Morgan fingerprint density at radius 1 is 1.15 bits per heavy atom. The van der Waals surface area contributed by atoms with Gasteiger partial charge in [-0.2, -0.15) is 0 Å². The number of rotatable bonds is 12. The molecule has 0 spiro atoms. The number of aromatic nitrogens is 2. The molecule has 6 nitrogen and oxygen atoms in total. The molecule has 8 heteroatoms. The highest BCUT2D eigenvalue weighted by molar-refractivity contribution is 7.98. The predicted octanol–water partition coefficient (Wildman–Crippen LogP) is 4.82. The van der Waals surface area contributed by atoms with Crippen molar-refractivity contribution in [3.8, 4) is 0 Å². The Labute approximate surface area is 206 Å². The van der Waals surface area contributed by atoms with Crippen LogP contribution in [0, 0.1) is 0 Å². The van der Waals surface area contributed by atoms with Crippen molar-refractivity contribution in [1.82, 2.24) is 20.2 Å². The van der Waals surface area contributed by atoms with Gasteiger partial charge >= 0.3 is 0 Å². The maximum Gasteiger partial charge on any atom is 0.251 e. The number of benzene rings is 1. The summed E-state index contributed by atoms with van der Waals surface area (Å²) in [6.45, 7) is 12.7. The molecule has 0 unspecified atom stereocenters. The van der Waals surface area contributed by atoms with Gasteiger partial charge in [-0.3, -0.25) is 4.79 Å². The standard InChI is InChI=1S/C25H32ClN5OS/c1-3-12-31(13-4-2)23-18-22(26)28-25(29-23)33-19-20-9-8-10-21(17-20)24(32)27-11-16-30-14-6-5-7-15-30/h3-4,8-10,17-18H,1-2,5-7,11-16,19H2,(H,27,32). The number of halogens is 1. The summed E-state index contributed by atoms with van der Waals surface area (Å²) >= 11 is 7.74. The zero-order chi connectivity index (χ0) is 23.5. The van der Waals surface area contributed by atoms with Crippen LogP contribution in [0.15, 0.2) is 60.8 Å². The van der Waals surface area contributed by atoms with E-state index in [9.17, 15) is 4.79 Å². The second-order valence-electron chi connectivity index (χ2n) is 7.96. The monoisotopic (exact) mass is 485 g/mol. The van der Waals surface area contributed by atoms with Crippen LogP contribution in [0.5, 0.6) is 0 Å². The highest BCUT2D eigenvalue weighted by Crippen LogP contribution is 2.25. The zero-order valence-corrected chi connectivity index (χ0v) is 20.6. The molecule has 0 bridgehead atoms. The van der Waals surface area contributed by atoms with E-state index in [-0.39, 0.29) is 5.91 Å². The Morgan fingerprint density at radius 2 is 1.91 bits per heavy atom. The molecule has 0 atom stereocenters. The number of piperidine rings is 1. The van der Waals surface area contributed by atoms with E-state index in [0.717, 1.165) is 31.0 Å². The number of likely N-dealkylation sites (tertiary alicyclic amines) is 1. The van der Waals surface area contributed by atoms with Crippen molar-refractivity contribution in [3.63, 3.8) is 0 Å². The van der Waals surface area contributed by atoms with Crippen LogP contribution in [0.4, 0.5) is 5.82 Å². The highest BCUT2D eigenvalue weighted by atomic mass is 35.5. The lowest BCUT2D eigenvalue weighted by molar-refractivity contribution is 0.0946. The molecule has 1 aromatic heterocycles. The van der Waals surface area contributed by atoms with Gasteiger partial charge in [0.15, 0.2) is 5.16 Å². The Morgan fingerprint density at radius 3 is 2.64 bits per heavy atom. The predicted molar refractivity (Wildman–Crippen MR) is 138 cm³/mol. The first-order valence-corrected chi connectivity index (χ1v) is 12.7. The van der Waals surface area contributed by atoms with Crippen LogP contribution < -0.4 is 10.2 Å². The average molecular weight is 486 g/mol. The van der Waals surface area contributed by atoms with Gasteiger partial charge in [0.1, 0.15) is 11.0 Å². The fraction of sp³-hybridized carbons (Fsp3) is 0.400. The number of thioether (sulfide) groups is 1. The lowest BCUT2D eigenvalue weighted by Crippen LogP contribution is -2.37. The fourth-order valence-corrected chi connectivity index (χ4v) is 4.77. The van der Waals surface area contributed by atoms with E-state index in [1.165, 1.54) is 31.0 Å². The second kappa shape index (κ2) is 13.4. The fourth-order valence-electron chi connectivity index (χ4n) is 3.75. The molecule has 1 aromatic carbocycles. The van der Waals surface area contributed by atoms with Gasteiger partial charge in [-0.05, 0) is 43.6 Å². The van der Waals surface area contributed by atoms with Crippen molar-refractivity contribution in [2.45, 2.75) is 30.2 Å². The lowest BCUT2D eigenvalue weighted by atomic mass is 10.1. The molecule has 1 aliphatic rings. The molecular weight excluding hydrogens is 454 g/mol. The van der Waals surface area contributed by atoms with Crippen LogP contribution in [0.25, 0.3) is 0 Å². The third kappa shape index (κ3) is 8.18. The molecule has 2 aromatic rings.